The van der Waals surface area contributed by atoms with Crippen LogP contribution in [0, 0.1) is 0 Å². The molecule has 0 saturated carbocycles. The van der Waals surface area contributed by atoms with E-state index in [1.54, 1.807) is 0 Å². The molecule has 0 spiro atoms. The molecule has 0 fully saturated rings. The van der Waals surface area contributed by atoms with Crippen molar-refractivity contribution >= 4 is 45.7 Å². The first-order valence-corrected chi connectivity index (χ1v) is 12.3. The maximum Gasteiger partial charge on any atom is 0.236 e. The van der Waals surface area contributed by atoms with Crippen molar-refractivity contribution in [1.82, 2.24) is 19.7 Å². The third-order valence-electron chi connectivity index (χ3n) is 4.89. The average Bonchev–Trinajstić information content (AvgIpc) is 3.39. The molecule has 9 heteroatoms. The van der Waals surface area contributed by atoms with Crippen molar-refractivity contribution < 1.29 is 4.79 Å². The van der Waals surface area contributed by atoms with Gasteiger partial charge in [-0.25, -0.2) is 4.98 Å². The molecule has 0 atom stereocenters. The van der Waals surface area contributed by atoms with E-state index in [0.29, 0.717) is 21.2 Å². The number of aromatic nitrogens is 4. The smallest absolute Gasteiger partial charge is 0.236 e. The standard InChI is InChI=1S/C23H22ClN5OS2/c1-14(2)15-4-6-17(7-5-15)21-27-28-23(29(21)3)32-13-20(30)26-22-25-19(12-31-22)16-8-10-18(24)11-9-16/h4-12,14H,13H2,1-3H3,(H,25,26,30). The summed E-state index contributed by atoms with van der Waals surface area (Å²) in [6.45, 7) is 4.34. The van der Waals surface area contributed by atoms with Gasteiger partial charge in [0, 0.05) is 28.6 Å². The second-order valence-corrected chi connectivity index (χ2v) is 9.76. The predicted octanol–water partition coefficient (Wildman–Crippen LogP) is 6.11. The van der Waals surface area contributed by atoms with Crippen LogP contribution in [0.25, 0.3) is 22.6 Å². The van der Waals surface area contributed by atoms with Gasteiger partial charge in [0.2, 0.25) is 5.91 Å². The third kappa shape index (κ3) is 5.20. The van der Waals surface area contributed by atoms with Crippen LogP contribution in [0.5, 0.6) is 0 Å². The molecule has 2 aromatic carbocycles. The molecule has 1 N–H and O–H groups in total. The molecule has 2 heterocycles. The van der Waals surface area contributed by atoms with Crippen LogP contribution in [0.4, 0.5) is 5.13 Å². The summed E-state index contributed by atoms with van der Waals surface area (Å²) >= 11 is 8.66. The van der Waals surface area contributed by atoms with E-state index in [9.17, 15) is 4.79 Å². The van der Waals surface area contributed by atoms with Crippen molar-refractivity contribution in [2.75, 3.05) is 11.1 Å². The molecule has 0 radical (unpaired) electrons. The largest absolute Gasteiger partial charge is 0.305 e. The zero-order chi connectivity index (χ0) is 22.7. The summed E-state index contributed by atoms with van der Waals surface area (Å²) in [7, 11) is 1.91. The molecule has 0 bridgehead atoms. The molecule has 32 heavy (non-hydrogen) atoms. The number of carbonyl (C=O) groups excluding carboxylic acids is 1. The van der Waals surface area contributed by atoms with Gasteiger partial charge in [0.25, 0.3) is 0 Å². The minimum absolute atomic E-state index is 0.141. The van der Waals surface area contributed by atoms with Gasteiger partial charge in [-0.05, 0) is 23.6 Å². The van der Waals surface area contributed by atoms with Crippen LogP contribution >= 0.6 is 34.7 Å². The highest BCUT2D eigenvalue weighted by Gasteiger charge is 2.14. The Morgan fingerprint density at radius 1 is 1.09 bits per heavy atom. The SMILES string of the molecule is CC(C)c1ccc(-c2nnc(SCC(=O)Nc3nc(-c4ccc(Cl)cc4)cs3)n2C)cc1. The zero-order valence-corrected chi connectivity index (χ0v) is 20.3. The number of carbonyl (C=O) groups is 1. The van der Waals surface area contributed by atoms with Crippen molar-refractivity contribution in [1.29, 1.82) is 0 Å². The van der Waals surface area contributed by atoms with Crippen LogP contribution in [0.1, 0.15) is 25.3 Å². The third-order valence-corrected chi connectivity index (χ3v) is 6.92. The summed E-state index contributed by atoms with van der Waals surface area (Å²) < 4.78 is 1.91. The highest BCUT2D eigenvalue weighted by Crippen LogP contribution is 2.27. The van der Waals surface area contributed by atoms with E-state index in [4.69, 9.17) is 11.6 Å². The second kappa shape index (κ2) is 9.85. The lowest BCUT2D eigenvalue weighted by Crippen LogP contribution is -2.14. The molecule has 4 rings (SSSR count). The van der Waals surface area contributed by atoms with E-state index >= 15 is 0 Å². The molecule has 164 valence electrons. The van der Waals surface area contributed by atoms with E-state index in [1.807, 2.05) is 41.3 Å². The number of hydrogen-bond donors (Lipinski definition) is 1. The summed E-state index contributed by atoms with van der Waals surface area (Å²) in [5, 5.41) is 15.2. The molecule has 1 amide bonds. The van der Waals surface area contributed by atoms with Crippen molar-refractivity contribution in [3.8, 4) is 22.6 Å². The number of thioether (sulfide) groups is 1. The quantitative estimate of drug-likeness (QED) is 0.321. The monoisotopic (exact) mass is 483 g/mol. The van der Waals surface area contributed by atoms with Gasteiger partial charge in [-0.15, -0.1) is 21.5 Å². The van der Waals surface area contributed by atoms with Gasteiger partial charge < -0.3 is 9.88 Å². The molecule has 2 aromatic heterocycles. The highest BCUT2D eigenvalue weighted by molar-refractivity contribution is 7.99. The summed E-state index contributed by atoms with van der Waals surface area (Å²) in [6, 6.07) is 15.8. The van der Waals surface area contributed by atoms with Crippen LogP contribution in [0.3, 0.4) is 0 Å². The first-order valence-electron chi connectivity index (χ1n) is 10.0. The van der Waals surface area contributed by atoms with E-state index < -0.39 is 0 Å². The van der Waals surface area contributed by atoms with Crippen LogP contribution in [0.15, 0.2) is 59.1 Å². The van der Waals surface area contributed by atoms with E-state index in [2.05, 4.69) is 58.6 Å². The molecule has 6 nitrogen and oxygen atoms in total. The number of amides is 1. The Morgan fingerprint density at radius 2 is 1.78 bits per heavy atom. The molecule has 0 aliphatic carbocycles. The Labute approximate surface area is 200 Å². The van der Waals surface area contributed by atoms with Crippen molar-refractivity contribution in [2.45, 2.75) is 24.9 Å². The van der Waals surface area contributed by atoms with Gasteiger partial charge in [0.15, 0.2) is 16.1 Å². The Hall–Kier alpha value is -2.68. The van der Waals surface area contributed by atoms with Crippen molar-refractivity contribution in [3.05, 3.63) is 64.5 Å². The van der Waals surface area contributed by atoms with Gasteiger partial charge in [-0.2, -0.15) is 0 Å². The van der Waals surface area contributed by atoms with Crippen molar-refractivity contribution in [2.24, 2.45) is 7.05 Å². The molecular weight excluding hydrogens is 462 g/mol. The number of anilines is 1. The maximum absolute atomic E-state index is 12.4. The number of nitrogens with zero attached hydrogens (tertiary/aromatic N) is 4. The average molecular weight is 484 g/mol. The fraction of sp³-hybridized carbons (Fsp3) is 0.217. The normalized spacial score (nSPS) is 11.2. The first-order chi connectivity index (χ1) is 15.4. The highest BCUT2D eigenvalue weighted by atomic mass is 35.5. The Balaban J connectivity index is 1.36. The summed E-state index contributed by atoms with van der Waals surface area (Å²) in [4.78, 5) is 16.9. The fourth-order valence-corrected chi connectivity index (χ4v) is 4.65. The van der Waals surface area contributed by atoms with Gasteiger partial charge >= 0.3 is 0 Å². The zero-order valence-electron chi connectivity index (χ0n) is 17.9. The van der Waals surface area contributed by atoms with Crippen molar-refractivity contribution in [3.63, 3.8) is 0 Å². The molecular formula is C23H22ClN5OS2. The lowest BCUT2D eigenvalue weighted by Gasteiger charge is -2.07. The second-order valence-electron chi connectivity index (χ2n) is 7.52. The number of rotatable bonds is 7. The summed E-state index contributed by atoms with van der Waals surface area (Å²) in [5.41, 5.74) is 4.03. The predicted molar refractivity (Wildman–Crippen MR) is 132 cm³/mol. The first kappa shape index (κ1) is 22.5. The van der Waals surface area contributed by atoms with Crippen LogP contribution in [0.2, 0.25) is 5.02 Å². The topological polar surface area (TPSA) is 72.7 Å². The van der Waals surface area contributed by atoms with E-state index in [-0.39, 0.29) is 11.7 Å². The Morgan fingerprint density at radius 3 is 2.47 bits per heavy atom. The summed E-state index contributed by atoms with van der Waals surface area (Å²) in [5.74, 6) is 1.33. The summed E-state index contributed by atoms with van der Waals surface area (Å²) in [6.07, 6.45) is 0. The number of thiazole rings is 1. The van der Waals surface area contributed by atoms with Crippen LogP contribution in [-0.2, 0) is 11.8 Å². The Bertz CT molecular complexity index is 1220. The molecule has 0 aliphatic rings. The maximum atomic E-state index is 12.4. The van der Waals surface area contributed by atoms with Crippen LogP contribution < -0.4 is 5.32 Å². The van der Waals surface area contributed by atoms with Gasteiger partial charge in [-0.1, -0.05) is 73.6 Å². The number of nitrogens with one attached hydrogen (secondary N) is 1. The van der Waals surface area contributed by atoms with Gasteiger partial charge in [-0.3, -0.25) is 4.79 Å². The molecule has 4 aromatic rings. The number of hydrogen-bond acceptors (Lipinski definition) is 6. The lowest BCUT2D eigenvalue weighted by atomic mass is 10.0. The van der Waals surface area contributed by atoms with Gasteiger partial charge in [0.05, 0.1) is 11.4 Å². The molecule has 0 unspecified atom stereocenters. The molecule has 0 saturated heterocycles. The molecule has 0 aliphatic heterocycles. The minimum Gasteiger partial charge on any atom is -0.305 e. The van der Waals surface area contributed by atoms with E-state index in [1.165, 1.54) is 28.7 Å². The van der Waals surface area contributed by atoms with E-state index in [0.717, 1.165) is 22.6 Å². The Kier molecular flexibility index (Phi) is 6.93. The van der Waals surface area contributed by atoms with Gasteiger partial charge in [0.1, 0.15) is 0 Å². The van der Waals surface area contributed by atoms with Crippen LogP contribution in [-0.4, -0.2) is 31.4 Å². The number of benzene rings is 2. The number of halogens is 1. The lowest BCUT2D eigenvalue weighted by molar-refractivity contribution is -0.113. The fourth-order valence-electron chi connectivity index (χ4n) is 3.08. The minimum atomic E-state index is -0.141.